The van der Waals surface area contributed by atoms with Crippen LogP contribution >= 0.6 is 0 Å². The molecule has 0 spiro atoms. The second kappa shape index (κ2) is 4.18. The molecule has 1 aromatic carbocycles. The van der Waals surface area contributed by atoms with Gasteiger partial charge < -0.3 is 4.74 Å². The van der Waals surface area contributed by atoms with Gasteiger partial charge in [0.1, 0.15) is 0 Å². The highest BCUT2D eigenvalue weighted by Crippen LogP contribution is 2.23. The molecule has 1 atom stereocenters. The highest BCUT2D eigenvalue weighted by atomic mass is 32.2. The number of hydrogen-bond donors (Lipinski definition) is 0. The number of ether oxygens (including phenoxy) is 1. The molecule has 0 aromatic heterocycles. The van der Waals surface area contributed by atoms with Crippen molar-refractivity contribution in [3.05, 3.63) is 29.3 Å². The fourth-order valence-corrected chi connectivity index (χ4v) is 3.51. The van der Waals surface area contributed by atoms with Crippen LogP contribution in [-0.2, 0) is 14.6 Å². The Balaban J connectivity index is 2.39. The van der Waals surface area contributed by atoms with E-state index >= 15 is 0 Å². The molecule has 1 heterocycles. The summed E-state index contributed by atoms with van der Waals surface area (Å²) in [6, 6.07) is 5.30. The van der Waals surface area contributed by atoms with Gasteiger partial charge in [0.05, 0.1) is 16.8 Å². The lowest BCUT2D eigenvalue weighted by Crippen LogP contribution is -2.21. The van der Waals surface area contributed by atoms with E-state index in [4.69, 9.17) is 4.74 Å². The standard InChI is InChI=1S/C12H16O3S/c1-9-3-4-11(7-10(9)2)16(13,14)12-5-6-15-8-12/h3-4,7,12H,5-6,8H2,1-2H3/t12-/m0/s1. The summed E-state index contributed by atoms with van der Waals surface area (Å²) >= 11 is 0. The van der Waals surface area contributed by atoms with E-state index in [0.29, 0.717) is 24.5 Å². The van der Waals surface area contributed by atoms with Gasteiger partial charge in [0, 0.05) is 6.61 Å². The van der Waals surface area contributed by atoms with Crippen molar-refractivity contribution in [2.75, 3.05) is 13.2 Å². The quantitative estimate of drug-likeness (QED) is 0.792. The van der Waals surface area contributed by atoms with E-state index in [2.05, 4.69) is 0 Å². The number of rotatable bonds is 2. The van der Waals surface area contributed by atoms with E-state index in [9.17, 15) is 8.42 Å². The Bertz CT molecular complexity index is 485. The van der Waals surface area contributed by atoms with Crippen molar-refractivity contribution in [3.8, 4) is 0 Å². The monoisotopic (exact) mass is 240 g/mol. The molecule has 88 valence electrons. The number of aryl methyl sites for hydroxylation is 2. The Morgan fingerprint density at radius 1 is 1.25 bits per heavy atom. The van der Waals surface area contributed by atoms with Gasteiger partial charge in [-0.15, -0.1) is 0 Å². The summed E-state index contributed by atoms with van der Waals surface area (Å²) in [7, 11) is -3.20. The predicted octanol–water partition coefficient (Wildman–Crippen LogP) is 1.87. The number of hydrogen-bond acceptors (Lipinski definition) is 3. The lowest BCUT2D eigenvalue weighted by atomic mass is 10.1. The summed E-state index contributed by atoms with van der Waals surface area (Å²) < 4.78 is 29.6. The van der Waals surface area contributed by atoms with Crippen LogP contribution in [0, 0.1) is 13.8 Å². The molecule has 16 heavy (non-hydrogen) atoms. The average Bonchev–Trinajstić information content (AvgIpc) is 2.75. The Morgan fingerprint density at radius 3 is 2.56 bits per heavy atom. The van der Waals surface area contributed by atoms with Gasteiger partial charge >= 0.3 is 0 Å². The van der Waals surface area contributed by atoms with Crippen LogP contribution in [0.2, 0.25) is 0 Å². The zero-order valence-corrected chi connectivity index (χ0v) is 10.4. The van der Waals surface area contributed by atoms with Gasteiger partial charge in [-0.25, -0.2) is 8.42 Å². The normalized spacial score (nSPS) is 21.2. The van der Waals surface area contributed by atoms with Gasteiger partial charge in [0.25, 0.3) is 0 Å². The Kier molecular flexibility index (Phi) is 3.04. The summed E-state index contributed by atoms with van der Waals surface area (Å²) in [5, 5.41) is -0.366. The number of benzene rings is 1. The van der Waals surface area contributed by atoms with Crippen LogP contribution in [0.5, 0.6) is 0 Å². The molecule has 1 aliphatic heterocycles. The van der Waals surface area contributed by atoms with E-state index in [1.54, 1.807) is 12.1 Å². The van der Waals surface area contributed by atoms with E-state index in [0.717, 1.165) is 11.1 Å². The van der Waals surface area contributed by atoms with Gasteiger partial charge in [-0.1, -0.05) is 6.07 Å². The van der Waals surface area contributed by atoms with Gasteiger partial charge in [0.2, 0.25) is 0 Å². The molecule has 1 saturated heterocycles. The minimum atomic E-state index is -3.20. The zero-order chi connectivity index (χ0) is 11.8. The van der Waals surface area contributed by atoms with Crippen LogP contribution in [0.25, 0.3) is 0 Å². The third kappa shape index (κ3) is 1.99. The van der Waals surface area contributed by atoms with Crippen molar-refractivity contribution in [2.24, 2.45) is 0 Å². The topological polar surface area (TPSA) is 43.4 Å². The molecule has 2 rings (SSSR count). The van der Waals surface area contributed by atoms with Crippen LogP contribution in [0.3, 0.4) is 0 Å². The molecule has 0 amide bonds. The smallest absolute Gasteiger partial charge is 0.183 e. The van der Waals surface area contributed by atoms with Crippen molar-refractivity contribution in [2.45, 2.75) is 30.4 Å². The van der Waals surface area contributed by atoms with Crippen molar-refractivity contribution in [3.63, 3.8) is 0 Å². The third-order valence-electron chi connectivity index (χ3n) is 3.13. The minimum absolute atomic E-state index is 0.329. The second-order valence-electron chi connectivity index (χ2n) is 4.28. The summed E-state index contributed by atoms with van der Waals surface area (Å²) in [4.78, 5) is 0.422. The van der Waals surface area contributed by atoms with Crippen molar-refractivity contribution >= 4 is 9.84 Å². The molecule has 0 radical (unpaired) electrons. The third-order valence-corrected chi connectivity index (χ3v) is 5.29. The lowest BCUT2D eigenvalue weighted by molar-refractivity contribution is 0.198. The fourth-order valence-electron chi connectivity index (χ4n) is 1.84. The summed E-state index contributed by atoms with van der Waals surface area (Å²) in [6.45, 7) is 4.79. The van der Waals surface area contributed by atoms with Gasteiger partial charge in [-0.2, -0.15) is 0 Å². The molecular weight excluding hydrogens is 224 g/mol. The molecule has 0 unspecified atom stereocenters. The lowest BCUT2D eigenvalue weighted by Gasteiger charge is -2.11. The molecule has 0 saturated carbocycles. The average molecular weight is 240 g/mol. The first kappa shape index (κ1) is 11.6. The SMILES string of the molecule is Cc1ccc(S(=O)(=O)[C@H]2CCOC2)cc1C. The van der Waals surface area contributed by atoms with Crippen LogP contribution in [-0.4, -0.2) is 26.9 Å². The van der Waals surface area contributed by atoms with Crippen LogP contribution in [0.4, 0.5) is 0 Å². The first-order valence-corrected chi connectivity index (χ1v) is 6.95. The molecule has 1 aromatic rings. The van der Waals surface area contributed by atoms with E-state index < -0.39 is 9.84 Å². The van der Waals surface area contributed by atoms with Gasteiger partial charge in [-0.3, -0.25) is 0 Å². The van der Waals surface area contributed by atoms with Crippen LogP contribution in [0.1, 0.15) is 17.5 Å². The van der Waals surface area contributed by atoms with E-state index in [1.807, 2.05) is 19.9 Å². The minimum Gasteiger partial charge on any atom is -0.380 e. The summed E-state index contributed by atoms with van der Waals surface area (Å²) in [5.74, 6) is 0. The van der Waals surface area contributed by atoms with E-state index in [1.165, 1.54) is 0 Å². The zero-order valence-electron chi connectivity index (χ0n) is 9.56. The van der Waals surface area contributed by atoms with Gasteiger partial charge in [0.15, 0.2) is 9.84 Å². The molecule has 3 nitrogen and oxygen atoms in total. The molecular formula is C12H16O3S. The first-order valence-electron chi connectivity index (χ1n) is 5.41. The second-order valence-corrected chi connectivity index (χ2v) is 6.50. The maximum Gasteiger partial charge on any atom is 0.183 e. The van der Waals surface area contributed by atoms with Crippen molar-refractivity contribution in [1.29, 1.82) is 0 Å². The molecule has 1 aliphatic rings. The summed E-state index contributed by atoms with van der Waals surface area (Å²) in [5.41, 5.74) is 2.13. The first-order chi connectivity index (χ1) is 7.51. The molecule has 0 N–H and O–H groups in total. The van der Waals surface area contributed by atoms with Crippen LogP contribution < -0.4 is 0 Å². The number of sulfone groups is 1. The maximum atomic E-state index is 12.2. The molecule has 4 heteroatoms. The molecule has 1 fully saturated rings. The van der Waals surface area contributed by atoms with E-state index in [-0.39, 0.29) is 5.25 Å². The summed E-state index contributed by atoms with van der Waals surface area (Å²) in [6.07, 6.45) is 0.606. The Hall–Kier alpha value is -0.870. The molecule has 0 aliphatic carbocycles. The maximum absolute atomic E-state index is 12.2. The van der Waals surface area contributed by atoms with Gasteiger partial charge in [-0.05, 0) is 43.5 Å². The molecule has 0 bridgehead atoms. The largest absolute Gasteiger partial charge is 0.380 e. The van der Waals surface area contributed by atoms with Crippen molar-refractivity contribution in [1.82, 2.24) is 0 Å². The Morgan fingerprint density at radius 2 is 2.00 bits per heavy atom. The fraction of sp³-hybridized carbons (Fsp3) is 0.500. The van der Waals surface area contributed by atoms with Crippen LogP contribution in [0.15, 0.2) is 23.1 Å². The predicted molar refractivity (Wildman–Crippen MR) is 62.3 cm³/mol. The highest BCUT2D eigenvalue weighted by Gasteiger charge is 2.31. The highest BCUT2D eigenvalue weighted by molar-refractivity contribution is 7.92. The Labute approximate surface area is 96.4 Å². The van der Waals surface area contributed by atoms with Crippen molar-refractivity contribution < 1.29 is 13.2 Å².